The smallest absolute Gasteiger partial charge is 0.200 e. The Hall–Kier alpha value is -2.70. The number of hydrogen-bond acceptors (Lipinski definition) is 6. The average Bonchev–Trinajstić information content (AvgIpc) is 2.69. The molecular formula is C22H24ClNO5. The van der Waals surface area contributed by atoms with E-state index in [0.29, 0.717) is 65.3 Å². The van der Waals surface area contributed by atoms with Crippen LogP contribution in [0.2, 0.25) is 0 Å². The van der Waals surface area contributed by atoms with Gasteiger partial charge in [0.05, 0.1) is 16.5 Å². The van der Waals surface area contributed by atoms with Crippen molar-refractivity contribution in [3.05, 3.63) is 51.9 Å². The van der Waals surface area contributed by atoms with Gasteiger partial charge in [0.25, 0.3) is 0 Å². The Morgan fingerprint density at radius 1 is 1.10 bits per heavy atom. The molecule has 0 spiro atoms. The minimum Gasteiger partial charge on any atom is -0.507 e. The molecule has 0 aliphatic carbocycles. The van der Waals surface area contributed by atoms with Crippen molar-refractivity contribution in [1.82, 2.24) is 4.90 Å². The highest BCUT2D eigenvalue weighted by molar-refractivity contribution is 5.87. The molecule has 0 saturated heterocycles. The maximum Gasteiger partial charge on any atom is 0.200 e. The molecule has 0 atom stereocenters. The monoisotopic (exact) mass is 417 g/mol. The van der Waals surface area contributed by atoms with Crippen molar-refractivity contribution in [1.29, 1.82) is 0 Å². The predicted molar refractivity (Wildman–Crippen MR) is 115 cm³/mol. The lowest BCUT2D eigenvalue weighted by atomic mass is 9.99. The van der Waals surface area contributed by atoms with Crippen LogP contribution in [-0.2, 0) is 13.0 Å². The number of aryl methyl sites for hydroxylation is 1. The van der Waals surface area contributed by atoms with Crippen LogP contribution >= 0.6 is 12.4 Å². The third-order valence-electron chi connectivity index (χ3n) is 4.92. The Morgan fingerprint density at radius 3 is 2.52 bits per heavy atom. The Morgan fingerprint density at radius 2 is 1.83 bits per heavy atom. The van der Waals surface area contributed by atoms with Gasteiger partial charge in [-0.2, -0.15) is 0 Å². The van der Waals surface area contributed by atoms with Crippen LogP contribution in [0.15, 0.2) is 39.7 Å². The molecule has 2 aromatic carbocycles. The average molecular weight is 418 g/mol. The van der Waals surface area contributed by atoms with Gasteiger partial charge >= 0.3 is 0 Å². The van der Waals surface area contributed by atoms with Crippen molar-refractivity contribution in [2.45, 2.75) is 19.9 Å². The fourth-order valence-corrected chi connectivity index (χ4v) is 3.53. The summed E-state index contributed by atoms with van der Waals surface area (Å²) in [6.07, 6.45) is 2.08. The SMILES string of the molecule is CCc1cc2c(=O)c(-c3ccc4c(c3)OCCO4)coc2c(CN(C)C)c1O.Cl. The van der Waals surface area contributed by atoms with Crippen LogP contribution in [0.25, 0.3) is 22.1 Å². The van der Waals surface area contributed by atoms with Gasteiger partial charge < -0.3 is 23.9 Å². The first-order valence-electron chi connectivity index (χ1n) is 9.33. The zero-order valence-electron chi connectivity index (χ0n) is 16.7. The van der Waals surface area contributed by atoms with Crippen molar-refractivity contribution in [2.24, 2.45) is 0 Å². The second-order valence-electron chi connectivity index (χ2n) is 7.17. The van der Waals surface area contributed by atoms with Crippen LogP contribution in [-0.4, -0.2) is 37.3 Å². The lowest BCUT2D eigenvalue weighted by molar-refractivity contribution is 0.171. The minimum absolute atomic E-state index is 0. The van der Waals surface area contributed by atoms with Gasteiger partial charge in [-0.05, 0) is 49.8 Å². The Labute approximate surface area is 175 Å². The summed E-state index contributed by atoms with van der Waals surface area (Å²) in [4.78, 5) is 15.2. The van der Waals surface area contributed by atoms with E-state index in [2.05, 4.69) is 0 Å². The number of rotatable bonds is 4. The van der Waals surface area contributed by atoms with Crippen molar-refractivity contribution in [3.8, 4) is 28.4 Å². The van der Waals surface area contributed by atoms with Crippen molar-refractivity contribution < 1.29 is 19.0 Å². The topological polar surface area (TPSA) is 72.1 Å². The normalized spacial score (nSPS) is 12.8. The van der Waals surface area contributed by atoms with Gasteiger partial charge in [0, 0.05) is 6.54 Å². The van der Waals surface area contributed by atoms with Crippen molar-refractivity contribution in [3.63, 3.8) is 0 Å². The lowest BCUT2D eigenvalue weighted by Gasteiger charge is -2.19. The highest BCUT2D eigenvalue weighted by Crippen LogP contribution is 2.36. The van der Waals surface area contributed by atoms with E-state index in [9.17, 15) is 9.90 Å². The molecule has 29 heavy (non-hydrogen) atoms. The lowest BCUT2D eigenvalue weighted by Crippen LogP contribution is -2.15. The molecule has 0 bridgehead atoms. The molecule has 7 heteroatoms. The molecule has 0 fully saturated rings. The number of phenolic OH excluding ortho intramolecular Hbond substituents is 1. The van der Waals surface area contributed by atoms with E-state index in [-0.39, 0.29) is 23.6 Å². The molecule has 0 unspecified atom stereocenters. The number of fused-ring (bicyclic) bond motifs is 2. The zero-order chi connectivity index (χ0) is 19.8. The second-order valence-corrected chi connectivity index (χ2v) is 7.17. The fraction of sp³-hybridized carbons (Fsp3) is 0.318. The summed E-state index contributed by atoms with van der Waals surface area (Å²) >= 11 is 0. The quantitative estimate of drug-likeness (QED) is 0.692. The molecule has 3 aromatic rings. The molecule has 2 heterocycles. The molecule has 6 nitrogen and oxygen atoms in total. The zero-order valence-corrected chi connectivity index (χ0v) is 17.5. The van der Waals surface area contributed by atoms with E-state index < -0.39 is 0 Å². The Balaban J connectivity index is 0.00000240. The first-order chi connectivity index (χ1) is 13.5. The third kappa shape index (κ3) is 3.78. The van der Waals surface area contributed by atoms with Crippen LogP contribution in [0.1, 0.15) is 18.1 Å². The van der Waals surface area contributed by atoms with E-state index in [0.717, 1.165) is 5.56 Å². The molecule has 1 N–H and O–H groups in total. The van der Waals surface area contributed by atoms with Gasteiger partial charge in [-0.25, -0.2) is 0 Å². The van der Waals surface area contributed by atoms with E-state index in [1.54, 1.807) is 18.2 Å². The number of phenols is 1. The minimum atomic E-state index is -0.132. The summed E-state index contributed by atoms with van der Waals surface area (Å²) in [6.45, 7) is 3.42. The second kappa shape index (κ2) is 8.35. The Bertz CT molecular complexity index is 1110. The van der Waals surface area contributed by atoms with Gasteiger partial charge in [-0.1, -0.05) is 13.0 Å². The standard InChI is InChI=1S/C22H23NO5.ClH/c1-4-13-9-15-21(25)17(12-28-22(15)16(20(13)24)11-23(2)3)14-5-6-18-19(10-14)27-8-7-26-18;/h5-6,9-10,12,24H,4,7-8,11H2,1-3H3;1H. The van der Waals surface area contributed by atoms with E-state index in [1.807, 2.05) is 32.0 Å². The molecule has 154 valence electrons. The number of ether oxygens (including phenoxy) is 2. The number of nitrogens with zero attached hydrogens (tertiary/aromatic N) is 1. The summed E-state index contributed by atoms with van der Waals surface area (Å²) < 4.78 is 17.1. The fourth-order valence-electron chi connectivity index (χ4n) is 3.53. The molecular weight excluding hydrogens is 394 g/mol. The third-order valence-corrected chi connectivity index (χ3v) is 4.92. The molecule has 1 aliphatic rings. The highest BCUT2D eigenvalue weighted by atomic mass is 35.5. The summed E-state index contributed by atoms with van der Waals surface area (Å²) in [7, 11) is 3.82. The maximum absolute atomic E-state index is 13.3. The van der Waals surface area contributed by atoms with Crippen LogP contribution in [0.4, 0.5) is 0 Å². The van der Waals surface area contributed by atoms with E-state index in [4.69, 9.17) is 13.9 Å². The van der Waals surface area contributed by atoms with Crippen molar-refractivity contribution in [2.75, 3.05) is 27.3 Å². The first-order valence-corrected chi connectivity index (χ1v) is 9.33. The van der Waals surface area contributed by atoms with Gasteiger partial charge in [0.15, 0.2) is 11.5 Å². The molecule has 4 rings (SSSR count). The van der Waals surface area contributed by atoms with Crippen molar-refractivity contribution >= 4 is 23.4 Å². The molecule has 0 saturated carbocycles. The highest BCUT2D eigenvalue weighted by Gasteiger charge is 2.20. The van der Waals surface area contributed by atoms with Gasteiger partial charge in [-0.15, -0.1) is 12.4 Å². The number of aromatic hydroxyl groups is 1. The molecule has 0 amide bonds. The molecule has 1 aromatic heterocycles. The number of hydrogen-bond donors (Lipinski definition) is 1. The predicted octanol–water partition coefficient (Wildman–Crippen LogP) is 3.98. The van der Waals surface area contributed by atoms with Gasteiger partial charge in [0.1, 0.15) is 30.8 Å². The van der Waals surface area contributed by atoms with Gasteiger partial charge in [-0.3, -0.25) is 4.79 Å². The maximum atomic E-state index is 13.3. The molecule has 0 radical (unpaired) electrons. The number of benzene rings is 2. The summed E-state index contributed by atoms with van der Waals surface area (Å²) in [5.74, 6) is 1.49. The van der Waals surface area contributed by atoms with Crippen LogP contribution in [0, 0.1) is 0 Å². The van der Waals surface area contributed by atoms with E-state index >= 15 is 0 Å². The van der Waals surface area contributed by atoms with Crippen LogP contribution < -0.4 is 14.9 Å². The van der Waals surface area contributed by atoms with Crippen LogP contribution in [0.5, 0.6) is 17.2 Å². The first kappa shape index (κ1) is 21.0. The molecule has 1 aliphatic heterocycles. The Kier molecular flexibility index (Phi) is 6.05. The van der Waals surface area contributed by atoms with Crippen LogP contribution in [0.3, 0.4) is 0 Å². The summed E-state index contributed by atoms with van der Waals surface area (Å²) in [5, 5.41) is 11.1. The summed E-state index contributed by atoms with van der Waals surface area (Å²) in [5.41, 5.74) is 2.82. The van der Waals surface area contributed by atoms with Gasteiger partial charge in [0.2, 0.25) is 5.43 Å². The largest absolute Gasteiger partial charge is 0.507 e. The van der Waals surface area contributed by atoms with E-state index in [1.165, 1.54) is 6.26 Å². The number of halogens is 1. The summed E-state index contributed by atoms with van der Waals surface area (Å²) in [6, 6.07) is 7.17.